The van der Waals surface area contributed by atoms with E-state index in [2.05, 4.69) is 0 Å². The maximum Gasteiger partial charge on any atom is 0.216 e. The first-order valence-electron chi connectivity index (χ1n) is 7.33. The van der Waals surface area contributed by atoms with Crippen LogP contribution in [0.1, 0.15) is 4.88 Å². The molecule has 3 rings (SSSR count). The van der Waals surface area contributed by atoms with Crippen molar-refractivity contribution in [1.82, 2.24) is 0 Å². The van der Waals surface area contributed by atoms with Crippen molar-refractivity contribution in [3.63, 3.8) is 0 Å². The Morgan fingerprint density at radius 1 is 1.00 bits per heavy atom. The van der Waals surface area contributed by atoms with Gasteiger partial charge >= 0.3 is 0 Å². The molecule has 7 heteroatoms. The van der Waals surface area contributed by atoms with Gasteiger partial charge in [0.05, 0.1) is 12.0 Å². The average molecular weight is 396 g/mol. The zero-order valence-corrected chi connectivity index (χ0v) is 16.0. The van der Waals surface area contributed by atoms with Crippen molar-refractivity contribution in [1.29, 1.82) is 0 Å². The molecule has 0 unspecified atom stereocenters. The topological polar surface area (TPSA) is 69.4 Å². The van der Waals surface area contributed by atoms with E-state index in [9.17, 15) is 8.42 Å². The van der Waals surface area contributed by atoms with Gasteiger partial charge in [0.1, 0.15) is 9.96 Å². The van der Waals surface area contributed by atoms with Gasteiger partial charge in [0.25, 0.3) is 0 Å². The Morgan fingerprint density at radius 2 is 1.72 bits per heavy atom. The molecule has 3 aromatic rings. The van der Waals surface area contributed by atoms with E-state index in [1.807, 2.05) is 36.4 Å². The Labute approximate surface area is 157 Å². The number of ether oxygens (including phenoxy) is 1. The fourth-order valence-electron chi connectivity index (χ4n) is 2.37. The second-order valence-corrected chi connectivity index (χ2v) is 8.54. The standard InChI is InChI=1S/C18H17NO3S2.ClH/c1-22-15-9-14(13-5-3-2-4-6-13)10-17(11-15)24(20,21)18-8-7-16(12-19)23-18;/h2-11H,12,19H2,1H3;1H. The van der Waals surface area contributed by atoms with Crippen molar-refractivity contribution in [2.45, 2.75) is 15.6 Å². The molecule has 0 atom stereocenters. The summed E-state index contributed by atoms with van der Waals surface area (Å²) < 4.78 is 31.4. The fraction of sp³-hybridized carbons (Fsp3) is 0.111. The van der Waals surface area contributed by atoms with Crippen molar-refractivity contribution >= 4 is 33.6 Å². The first kappa shape index (κ1) is 19.5. The molecule has 132 valence electrons. The summed E-state index contributed by atoms with van der Waals surface area (Å²) in [5.41, 5.74) is 7.31. The molecule has 0 saturated carbocycles. The molecule has 2 aromatic carbocycles. The number of hydrogen-bond acceptors (Lipinski definition) is 5. The van der Waals surface area contributed by atoms with Gasteiger partial charge in [-0.15, -0.1) is 23.7 Å². The Bertz CT molecular complexity index is 953. The molecule has 1 heterocycles. The quantitative estimate of drug-likeness (QED) is 0.704. The molecule has 0 aliphatic carbocycles. The van der Waals surface area contributed by atoms with Crippen molar-refractivity contribution in [3.8, 4) is 16.9 Å². The maximum absolute atomic E-state index is 12.9. The van der Waals surface area contributed by atoms with Crippen LogP contribution in [-0.2, 0) is 16.4 Å². The van der Waals surface area contributed by atoms with E-state index < -0.39 is 9.84 Å². The zero-order chi connectivity index (χ0) is 17.2. The lowest BCUT2D eigenvalue weighted by molar-refractivity contribution is 0.413. The first-order valence-corrected chi connectivity index (χ1v) is 9.63. The predicted octanol–water partition coefficient (Wildman–Crippen LogP) is 4.14. The molecule has 0 aliphatic heterocycles. The summed E-state index contributed by atoms with van der Waals surface area (Å²) in [5, 5.41) is 0. The van der Waals surface area contributed by atoms with Gasteiger partial charge in [-0.3, -0.25) is 0 Å². The second kappa shape index (κ2) is 8.01. The van der Waals surface area contributed by atoms with Crippen LogP contribution in [-0.4, -0.2) is 15.5 Å². The van der Waals surface area contributed by atoms with Gasteiger partial charge in [0, 0.05) is 11.4 Å². The highest BCUT2D eigenvalue weighted by Gasteiger charge is 2.21. The summed E-state index contributed by atoms with van der Waals surface area (Å²) in [4.78, 5) is 1.05. The zero-order valence-electron chi connectivity index (χ0n) is 13.5. The minimum absolute atomic E-state index is 0. The van der Waals surface area contributed by atoms with Gasteiger partial charge in [-0.05, 0) is 41.5 Å². The Hall–Kier alpha value is -1.86. The molecule has 4 nitrogen and oxygen atoms in total. The fourth-order valence-corrected chi connectivity index (χ4v) is 5.07. The van der Waals surface area contributed by atoms with Crippen LogP contribution in [0.25, 0.3) is 11.1 Å². The summed E-state index contributed by atoms with van der Waals surface area (Å²) in [6, 6.07) is 18.0. The highest BCUT2D eigenvalue weighted by molar-refractivity contribution is 7.93. The minimum atomic E-state index is -3.61. The number of halogens is 1. The summed E-state index contributed by atoms with van der Waals surface area (Å²) >= 11 is 1.20. The van der Waals surface area contributed by atoms with Crippen LogP contribution in [0, 0.1) is 0 Å². The van der Waals surface area contributed by atoms with Crippen LogP contribution < -0.4 is 10.5 Å². The molecular formula is C18H18ClNO3S2. The summed E-state index contributed by atoms with van der Waals surface area (Å²) in [6.07, 6.45) is 0. The third kappa shape index (κ3) is 4.04. The van der Waals surface area contributed by atoms with Crippen molar-refractivity contribution in [3.05, 3.63) is 65.5 Å². The third-order valence-corrected chi connectivity index (χ3v) is 6.97. The molecule has 1 aromatic heterocycles. The molecule has 2 N–H and O–H groups in total. The Morgan fingerprint density at radius 3 is 2.32 bits per heavy atom. The van der Waals surface area contributed by atoms with Gasteiger partial charge in [-0.1, -0.05) is 30.3 Å². The lowest BCUT2D eigenvalue weighted by Crippen LogP contribution is -2.01. The number of methoxy groups -OCH3 is 1. The molecule has 0 aliphatic rings. The van der Waals surface area contributed by atoms with Gasteiger partial charge in [0.15, 0.2) is 0 Å². The van der Waals surface area contributed by atoms with Gasteiger partial charge in [-0.2, -0.15) is 0 Å². The van der Waals surface area contributed by atoms with Gasteiger partial charge in [0.2, 0.25) is 9.84 Å². The van der Waals surface area contributed by atoms with E-state index in [1.54, 1.807) is 24.3 Å². The third-order valence-electron chi connectivity index (χ3n) is 3.64. The van der Waals surface area contributed by atoms with E-state index in [1.165, 1.54) is 18.4 Å². The highest BCUT2D eigenvalue weighted by atomic mass is 35.5. The van der Waals surface area contributed by atoms with E-state index in [0.29, 0.717) is 12.3 Å². The first-order chi connectivity index (χ1) is 11.5. The molecule has 0 bridgehead atoms. The van der Waals surface area contributed by atoms with Crippen molar-refractivity contribution < 1.29 is 13.2 Å². The maximum atomic E-state index is 12.9. The number of sulfone groups is 1. The van der Waals surface area contributed by atoms with Crippen LogP contribution in [0.2, 0.25) is 0 Å². The minimum Gasteiger partial charge on any atom is -0.497 e. The van der Waals surface area contributed by atoms with E-state index in [4.69, 9.17) is 10.5 Å². The number of thiophene rings is 1. The number of hydrogen-bond donors (Lipinski definition) is 1. The summed E-state index contributed by atoms with van der Waals surface area (Å²) in [5.74, 6) is 0.505. The molecule has 0 radical (unpaired) electrons. The summed E-state index contributed by atoms with van der Waals surface area (Å²) in [6.45, 7) is 0.327. The van der Waals surface area contributed by atoms with E-state index >= 15 is 0 Å². The number of benzene rings is 2. The molecule has 0 spiro atoms. The molecule has 25 heavy (non-hydrogen) atoms. The van der Waals surface area contributed by atoms with Gasteiger partial charge < -0.3 is 10.5 Å². The molecule has 0 saturated heterocycles. The van der Waals surface area contributed by atoms with Crippen molar-refractivity contribution in [2.24, 2.45) is 5.73 Å². The Kier molecular flexibility index (Phi) is 6.24. The van der Waals surface area contributed by atoms with Crippen LogP contribution >= 0.6 is 23.7 Å². The summed E-state index contributed by atoms with van der Waals surface area (Å²) in [7, 11) is -2.08. The largest absolute Gasteiger partial charge is 0.497 e. The number of nitrogens with two attached hydrogens (primary N) is 1. The van der Waals surface area contributed by atoms with Crippen LogP contribution in [0.3, 0.4) is 0 Å². The van der Waals surface area contributed by atoms with Crippen LogP contribution in [0.5, 0.6) is 5.75 Å². The Balaban J connectivity index is 0.00000225. The van der Waals surface area contributed by atoms with Crippen LogP contribution in [0.4, 0.5) is 0 Å². The van der Waals surface area contributed by atoms with E-state index in [0.717, 1.165) is 16.0 Å². The van der Waals surface area contributed by atoms with E-state index in [-0.39, 0.29) is 21.5 Å². The highest BCUT2D eigenvalue weighted by Crippen LogP contribution is 2.33. The lowest BCUT2D eigenvalue weighted by atomic mass is 10.1. The smallest absolute Gasteiger partial charge is 0.216 e. The van der Waals surface area contributed by atoms with Gasteiger partial charge in [-0.25, -0.2) is 8.42 Å². The number of rotatable bonds is 5. The predicted molar refractivity (Wildman–Crippen MR) is 103 cm³/mol. The monoisotopic (exact) mass is 395 g/mol. The normalized spacial score (nSPS) is 11.0. The van der Waals surface area contributed by atoms with Crippen LogP contribution in [0.15, 0.2) is 69.8 Å². The SMILES string of the molecule is COc1cc(-c2ccccc2)cc(S(=O)(=O)c2ccc(CN)s2)c1.Cl. The average Bonchev–Trinajstić information content (AvgIpc) is 3.12. The molecule has 0 fully saturated rings. The van der Waals surface area contributed by atoms with Crippen molar-refractivity contribution in [2.75, 3.05) is 7.11 Å². The molecular weight excluding hydrogens is 378 g/mol. The second-order valence-electron chi connectivity index (χ2n) is 5.19. The lowest BCUT2D eigenvalue weighted by Gasteiger charge is -2.09. The molecule has 0 amide bonds.